The van der Waals surface area contributed by atoms with E-state index in [2.05, 4.69) is 0 Å². The van der Waals surface area contributed by atoms with Crippen LogP contribution in [0.15, 0.2) is 146 Å². The van der Waals surface area contributed by atoms with Gasteiger partial charge in [0.2, 0.25) is 0 Å². The van der Waals surface area contributed by atoms with E-state index in [0.29, 0.717) is 0 Å². The summed E-state index contributed by atoms with van der Waals surface area (Å²) in [6.45, 7) is 0. The molecule has 39 heavy (non-hydrogen) atoms. The molecular formula is C36H34O2Pd. The molecule has 0 fully saturated rings. The summed E-state index contributed by atoms with van der Waals surface area (Å²) < 4.78 is 0. The number of hydrogen-bond acceptors (Lipinski definition) is 2. The third kappa shape index (κ3) is 15.0. The van der Waals surface area contributed by atoms with Crippen molar-refractivity contribution in [3.05, 3.63) is 183 Å². The first-order valence-corrected chi connectivity index (χ1v) is 11.7. The van der Waals surface area contributed by atoms with Gasteiger partial charge in [-0.3, -0.25) is 9.59 Å². The standard InChI is InChI=1S/2C17H14O.2CH3.Pd/c2*18-17(13-11-15-7-3-1-4-8-15)14-12-16-9-5-2-6-10-16;;;/h2*1-14H;2*1H3;/q;;2*-1;+2/b2*13-11+,14-12+;;;. The molecule has 4 aromatic rings. The van der Waals surface area contributed by atoms with Gasteiger partial charge in [-0.05, 0) is 46.6 Å². The maximum atomic E-state index is 11.6. The fourth-order valence-corrected chi connectivity index (χ4v) is 3.08. The van der Waals surface area contributed by atoms with Crippen molar-refractivity contribution in [2.75, 3.05) is 0 Å². The number of benzene rings is 4. The zero-order chi connectivity index (χ0) is 25.3. The van der Waals surface area contributed by atoms with E-state index in [-0.39, 0.29) is 46.8 Å². The van der Waals surface area contributed by atoms with Crippen LogP contribution in [0.1, 0.15) is 22.3 Å². The van der Waals surface area contributed by atoms with E-state index in [1.165, 1.54) is 0 Å². The van der Waals surface area contributed by atoms with E-state index in [4.69, 9.17) is 0 Å². The second-order valence-electron chi connectivity index (χ2n) is 7.78. The van der Waals surface area contributed by atoms with Crippen molar-refractivity contribution in [1.29, 1.82) is 0 Å². The summed E-state index contributed by atoms with van der Waals surface area (Å²) >= 11 is 0. The summed E-state index contributed by atoms with van der Waals surface area (Å²) in [5, 5.41) is 0. The van der Waals surface area contributed by atoms with Crippen LogP contribution in [0.25, 0.3) is 24.3 Å². The van der Waals surface area contributed by atoms with Crippen molar-refractivity contribution in [3.63, 3.8) is 0 Å². The largest absolute Gasteiger partial charge is 2.00 e. The van der Waals surface area contributed by atoms with E-state index in [1.54, 1.807) is 24.3 Å². The maximum Gasteiger partial charge on any atom is 2.00 e. The average Bonchev–Trinajstić information content (AvgIpc) is 2.95. The molecule has 0 aliphatic carbocycles. The monoisotopic (exact) mass is 604 g/mol. The van der Waals surface area contributed by atoms with Gasteiger partial charge in [-0.1, -0.05) is 146 Å². The predicted molar refractivity (Wildman–Crippen MR) is 165 cm³/mol. The number of carbonyl (C=O) groups is 2. The quantitative estimate of drug-likeness (QED) is 0.114. The van der Waals surface area contributed by atoms with E-state index >= 15 is 0 Å². The predicted octanol–water partition coefficient (Wildman–Crippen LogP) is 8.86. The molecule has 0 radical (unpaired) electrons. The summed E-state index contributed by atoms with van der Waals surface area (Å²) in [5.41, 5.74) is 4.11. The van der Waals surface area contributed by atoms with E-state index < -0.39 is 0 Å². The molecule has 4 aromatic carbocycles. The Morgan fingerprint density at radius 2 is 0.538 bits per heavy atom. The van der Waals surface area contributed by atoms with Crippen molar-refractivity contribution in [1.82, 2.24) is 0 Å². The third-order valence-corrected chi connectivity index (χ3v) is 4.96. The van der Waals surface area contributed by atoms with E-state index in [1.807, 2.05) is 146 Å². The minimum absolute atomic E-state index is 0. The second kappa shape index (κ2) is 20.8. The zero-order valence-electron chi connectivity index (χ0n) is 22.3. The van der Waals surface area contributed by atoms with Crippen molar-refractivity contribution in [2.24, 2.45) is 0 Å². The molecule has 4 rings (SSSR count). The van der Waals surface area contributed by atoms with Crippen LogP contribution in [0.2, 0.25) is 0 Å². The summed E-state index contributed by atoms with van der Waals surface area (Å²) in [6.07, 6.45) is 13.6. The Hall–Kier alpha value is -4.16. The van der Waals surface area contributed by atoms with Gasteiger partial charge in [0, 0.05) is 0 Å². The fourth-order valence-electron chi connectivity index (χ4n) is 3.08. The summed E-state index contributed by atoms with van der Waals surface area (Å²) in [6, 6.07) is 39.1. The molecular weight excluding hydrogens is 571 g/mol. The van der Waals surface area contributed by atoms with Crippen LogP contribution in [0, 0.1) is 14.9 Å². The summed E-state index contributed by atoms with van der Waals surface area (Å²) in [5.74, 6) is -0.0228. The smallest absolute Gasteiger partial charge is 0.358 e. The molecule has 0 spiro atoms. The second-order valence-corrected chi connectivity index (χ2v) is 7.78. The molecule has 3 heteroatoms. The summed E-state index contributed by atoms with van der Waals surface area (Å²) in [4.78, 5) is 23.2. The molecule has 0 unspecified atom stereocenters. The third-order valence-electron chi connectivity index (χ3n) is 4.96. The Balaban J connectivity index is 0.000000688. The van der Waals surface area contributed by atoms with Gasteiger partial charge in [0.15, 0.2) is 11.6 Å². The van der Waals surface area contributed by atoms with Crippen molar-refractivity contribution >= 4 is 35.9 Å². The molecule has 200 valence electrons. The Kier molecular flexibility index (Phi) is 18.6. The van der Waals surface area contributed by atoms with Crippen LogP contribution in [-0.4, -0.2) is 11.6 Å². The van der Waals surface area contributed by atoms with Gasteiger partial charge in [-0.25, -0.2) is 0 Å². The van der Waals surface area contributed by atoms with Crippen LogP contribution in [0.4, 0.5) is 0 Å². The number of rotatable bonds is 8. The Morgan fingerprint density at radius 1 is 0.359 bits per heavy atom. The van der Waals surface area contributed by atoms with Crippen LogP contribution >= 0.6 is 0 Å². The van der Waals surface area contributed by atoms with Gasteiger partial charge in [-0.15, -0.1) is 0 Å². The molecule has 0 aliphatic rings. The zero-order valence-corrected chi connectivity index (χ0v) is 23.9. The topological polar surface area (TPSA) is 34.1 Å². The first-order chi connectivity index (χ1) is 17.7. The van der Waals surface area contributed by atoms with Crippen molar-refractivity contribution in [3.8, 4) is 0 Å². The Labute approximate surface area is 247 Å². The molecule has 0 heterocycles. The molecule has 0 saturated carbocycles. The Bertz CT molecular complexity index is 1110. The number of hydrogen-bond donors (Lipinski definition) is 0. The number of ketones is 2. The molecule has 0 aliphatic heterocycles. The van der Waals surface area contributed by atoms with Crippen LogP contribution in [-0.2, 0) is 30.0 Å². The Morgan fingerprint density at radius 3 is 0.718 bits per heavy atom. The van der Waals surface area contributed by atoms with Gasteiger partial charge >= 0.3 is 20.4 Å². The van der Waals surface area contributed by atoms with Crippen molar-refractivity contribution < 1.29 is 30.0 Å². The van der Waals surface area contributed by atoms with Crippen LogP contribution in [0.3, 0.4) is 0 Å². The first-order valence-electron chi connectivity index (χ1n) is 11.7. The van der Waals surface area contributed by atoms with Gasteiger partial charge < -0.3 is 14.9 Å². The summed E-state index contributed by atoms with van der Waals surface area (Å²) in [7, 11) is 0. The number of carbonyl (C=O) groups excluding carboxylic acids is 2. The van der Waals surface area contributed by atoms with E-state index in [9.17, 15) is 9.59 Å². The van der Waals surface area contributed by atoms with Gasteiger partial charge in [0.1, 0.15) is 0 Å². The maximum absolute atomic E-state index is 11.6. The van der Waals surface area contributed by atoms with Crippen LogP contribution < -0.4 is 0 Å². The molecule has 0 bridgehead atoms. The average molecular weight is 605 g/mol. The fraction of sp³-hybridized carbons (Fsp3) is 0. The SMILES string of the molecule is O=C(/C=C/c1ccccc1)/C=C/c1ccccc1.O=C(/C=C/c1ccccc1)/C=C/c1ccccc1.[CH3-].[CH3-].[Pd+2]. The van der Waals surface area contributed by atoms with Crippen LogP contribution in [0.5, 0.6) is 0 Å². The minimum atomic E-state index is -0.0114. The molecule has 0 N–H and O–H groups in total. The van der Waals surface area contributed by atoms with Gasteiger partial charge in [0.05, 0.1) is 0 Å². The molecule has 2 nitrogen and oxygen atoms in total. The van der Waals surface area contributed by atoms with Gasteiger partial charge in [-0.2, -0.15) is 0 Å². The van der Waals surface area contributed by atoms with Crippen molar-refractivity contribution in [2.45, 2.75) is 0 Å². The number of allylic oxidation sites excluding steroid dienone is 4. The molecule has 0 atom stereocenters. The molecule has 0 amide bonds. The van der Waals surface area contributed by atoms with E-state index in [0.717, 1.165) is 22.3 Å². The van der Waals surface area contributed by atoms with Gasteiger partial charge in [0.25, 0.3) is 0 Å². The normalized spacial score (nSPS) is 10.3. The molecule has 0 aromatic heterocycles. The minimum Gasteiger partial charge on any atom is -0.358 e. The molecule has 0 saturated heterocycles. The first kappa shape index (κ1) is 34.8.